The van der Waals surface area contributed by atoms with Crippen LogP contribution in [0.4, 0.5) is 0 Å². The van der Waals surface area contributed by atoms with E-state index in [0.29, 0.717) is 5.56 Å². The van der Waals surface area contributed by atoms with Crippen LogP contribution in [0.1, 0.15) is 36.5 Å². The fourth-order valence-electron chi connectivity index (χ4n) is 2.68. The van der Waals surface area contributed by atoms with Crippen molar-refractivity contribution >= 4 is 29.4 Å². The van der Waals surface area contributed by atoms with Crippen LogP contribution in [0.5, 0.6) is 0 Å². The first kappa shape index (κ1) is 18.5. The van der Waals surface area contributed by atoms with Crippen molar-refractivity contribution in [3.05, 3.63) is 35.9 Å². The number of likely N-dealkylation sites (tertiary alicyclic amines) is 1. The summed E-state index contributed by atoms with van der Waals surface area (Å²) < 4.78 is 0. The molecule has 6 heteroatoms. The lowest BCUT2D eigenvalue weighted by Gasteiger charge is -2.29. The summed E-state index contributed by atoms with van der Waals surface area (Å²) >= 11 is 1.27. The molecular weight excluding hydrogens is 324 g/mol. The third-order valence-electron chi connectivity index (χ3n) is 3.98. The summed E-state index contributed by atoms with van der Waals surface area (Å²) in [7, 11) is 0. The Morgan fingerprint density at radius 3 is 2.42 bits per heavy atom. The van der Waals surface area contributed by atoms with E-state index < -0.39 is 6.04 Å². The summed E-state index contributed by atoms with van der Waals surface area (Å²) in [6.45, 7) is 3.27. The highest BCUT2D eigenvalue weighted by molar-refractivity contribution is 8.00. The van der Waals surface area contributed by atoms with Crippen LogP contribution in [0.25, 0.3) is 0 Å². The van der Waals surface area contributed by atoms with Gasteiger partial charge in [0.15, 0.2) is 5.78 Å². The third kappa shape index (κ3) is 5.67. The molecule has 1 heterocycles. The molecule has 1 atom stereocenters. The maximum absolute atomic E-state index is 12.3. The molecule has 130 valence electrons. The second-order valence-electron chi connectivity index (χ2n) is 5.96. The molecule has 0 spiro atoms. The highest BCUT2D eigenvalue weighted by Gasteiger charge is 2.23. The van der Waals surface area contributed by atoms with Gasteiger partial charge in [-0.1, -0.05) is 30.3 Å². The van der Waals surface area contributed by atoms with Crippen LogP contribution in [0.3, 0.4) is 0 Å². The van der Waals surface area contributed by atoms with Crippen LogP contribution < -0.4 is 5.32 Å². The molecule has 2 rings (SSSR count). The van der Waals surface area contributed by atoms with Crippen molar-refractivity contribution in [1.82, 2.24) is 10.2 Å². The Balaban J connectivity index is 1.69. The first-order chi connectivity index (χ1) is 11.6. The van der Waals surface area contributed by atoms with Crippen LogP contribution in [-0.2, 0) is 9.59 Å². The maximum Gasteiger partial charge on any atom is 0.244 e. The molecule has 1 aromatic rings. The van der Waals surface area contributed by atoms with Gasteiger partial charge >= 0.3 is 0 Å². The summed E-state index contributed by atoms with van der Waals surface area (Å²) in [5, 5.41) is 2.73. The van der Waals surface area contributed by atoms with Crippen molar-refractivity contribution in [3.8, 4) is 0 Å². The molecule has 0 bridgehead atoms. The summed E-state index contributed by atoms with van der Waals surface area (Å²) in [5.74, 6) is 0.209. The van der Waals surface area contributed by atoms with Gasteiger partial charge in [-0.2, -0.15) is 0 Å². The lowest BCUT2D eigenvalue weighted by Crippen LogP contribution is -2.48. The fourth-order valence-corrected chi connectivity index (χ4v) is 3.40. The Morgan fingerprint density at radius 1 is 1.08 bits per heavy atom. The van der Waals surface area contributed by atoms with Gasteiger partial charge in [0.25, 0.3) is 0 Å². The quantitative estimate of drug-likeness (QED) is 0.767. The number of piperidine rings is 1. The van der Waals surface area contributed by atoms with Gasteiger partial charge in [-0.3, -0.25) is 14.4 Å². The minimum absolute atomic E-state index is 0.00541. The number of thioether (sulfide) groups is 1. The molecule has 0 aliphatic carbocycles. The number of nitrogens with one attached hydrogen (secondary N) is 1. The summed E-state index contributed by atoms with van der Waals surface area (Å²) in [6.07, 6.45) is 3.23. The van der Waals surface area contributed by atoms with Gasteiger partial charge in [-0.15, -0.1) is 11.8 Å². The van der Waals surface area contributed by atoms with Gasteiger partial charge in [0, 0.05) is 18.7 Å². The smallest absolute Gasteiger partial charge is 0.244 e. The van der Waals surface area contributed by atoms with Crippen molar-refractivity contribution in [3.63, 3.8) is 0 Å². The zero-order valence-electron chi connectivity index (χ0n) is 14.0. The van der Waals surface area contributed by atoms with Crippen LogP contribution in [0, 0.1) is 0 Å². The highest BCUT2D eigenvalue weighted by Crippen LogP contribution is 2.10. The molecule has 0 saturated carbocycles. The Hall–Kier alpha value is -1.82. The number of benzene rings is 1. The number of nitrogens with zero attached hydrogens (tertiary/aromatic N) is 1. The second-order valence-corrected chi connectivity index (χ2v) is 6.94. The Morgan fingerprint density at radius 2 is 1.75 bits per heavy atom. The van der Waals surface area contributed by atoms with Crippen molar-refractivity contribution in [2.24, 2.45) is 0 Å². The average molecular weight is 348 g/mol. The Labute approximate surface area is 147 Å². The summed E-state index contributed by atoms with van der Waals surface area (Å²) in [4.78, 5) is 38.0. The minimum atomic E-state index is -0.513. The molecule has 0 radical (unpaired) electrons. The minimum Gasteiger partial charge on any atom is -0.344 e. The molecule has 0 aromatic heterocycles. The number of hydrogen-bond acceptors (Lipinski definition) is 4. The lowest BCUT2D eigenvalue weighted by molar-refractivity contribution is -0.136. The molecule has 0 unspecified atom stereocenters. The predicted octanol–water partition coefficient (Wildman–Crippen LogP) is 2.12. The van der Waals surface area contributed by atoms with Gasteiger partial charge in [0.2, 0.25) is 11.8 Å². The van der Waals surface area contributed by atoms with Crippen LogP contribution in [-0.4, -0.2) is 53.1 Å². The molecule has 1 aromatic carbocycles. The second kappa shape index (κ2) is 9.47. The number of hydrogen-bond donors (Lipinski definition) is 1. The number of carbonyl (C=O) groups is 3. The van der Waals surface area contributed by atoms with Crippen LogP contribution >= 0.6 is 11.8 Å². The monoisotopic (exact) mass is 348 g/mol. The third-order valence-corrected chi connectivity index (χ3v) is 4.91. The van der Waals surface area contributed by atoms with E-state index in [4.69, 9.17) is 0 Å². The largest absolute Gasteiger partial charge is 0.344 e. The van der Waals surface area contributed by atoms with Gasteiger partial charge in [0.05, 0.1) is 11.5 Å². The zero-order valence-corrected chi connectivity index (χ0v) is 14.8. The van der Waals surface area contributed by atoms with E-state index in [9.17, 15) is 14.4 Å². The molecule has 1 N–H and O–H groups in total. The predicted molar refractivity (Wildman–Crippen MR) is 96.1 cm³/mol. The van der Waals surface area contributed by atoms with Gasteiger partial charge in [-0.25, -0.2) is 0 Å². The van der Waals surface area contributed by atoms with Crippen molar-refractivity contribution in [2.45, 2.75) is 32.2 Å². The maximum atomic E-state index is 12.3. The van der Waals surface area contributed by atoms with Crippen molar-refractivity contribution < 1.29 is 14.4 Å². The first-order valence-corrected chi connectivity index (χ1v) is 9.47. The molecule has 2 amide bonds. The van der Waals surface area contributed by atoms with Crippen molar-refractivity contribution in [1.29, 1.82) is 0 Å². The normalized spacial score (nSPS) is 15.6. The number of Topliss-reactive ketones (excluding diaryl/α,β-unsaturated/α-hetero) is 1. The van der Waals surface area contributed by atoms with E-state index in [-0.39, 0.29) is 29.1 Å². The SMILES string of the molecule is C[C@@H](NC(=O)CSCC(=O)c1ccccc1)C(=O)N1CCCCC1. The van der Waals surface area contributed by atoms with Gasteiger partial charge in [0.1, 0.15) is 6.04 Å². The number of ketones is 1. The molecular formula is C18H24N2O3S. The molecule has 1 aliphatic heterocycles. The van der Waals surface area contributed by atoms with E-state index in [2.05, 4.69) is 5.32 Å². The van der Waals surface area contributed by atoms with E-state index in [1.54, 1.807) is 19.1 Å². The van der Waals surface area contributed by atoms with Crippen LogP contribution in [0.15, 0.2) is 30.3 Å². The van der Waals surface area contributed by atoms with E-state index in [1.807, 2.05) is 23.1 Å². The first-order valence-electron chi connectivity index (χ1n) is 8.32. The number of rotatable bonds is 7. The average Bonchev–Trinajstić information content (AvgIpc) is 2.62. The standard InChI is InChI=1S/C18H24N2O3S/c1-14(18(23)20-10-6-3-7-11-20)19-17(22)13-24-12-16(21)15-8-4-2-5-9-15/h2,4-5,8-9,14H,3,6-7,10-13H2,1H3,(H,19,22)/t14-/m1/s1. The molecule has 5 nitrogen and oxygen atoms in total. The highest BCUT2D eigenvalue weighted by atomic mass is 32.2. The van der Waals surface area contributed by atoms with E-state index in [0.717, 1.165) is 32.4 Å². The molecule has 1 aliphatic rings. The topological polar surface area (TPSA) is 66.5 Å². The van der Waals surface area contributed by atoms with Gasteiger partial charge < -0.3 is 10.2 Å². The molecule has 1 fully saturated rings. The fraction of sp³-hybridized carbons (Fsp3) is 0.500. The Kier molecular flexibility index (Phi) is 7.31. The number of amides is 2. The lowest BCUT2D eigenvalue weighted by atomic mass is 10.1. The molecule has 1 saturated heterocycles. The van der Waals surface area contributed by atoms with Gasteiger partial charge in [-0.05, 0) is 26.2 Å². The molecule has 24 heavy (non-hydrogen) atoms. The van der Waals surface area contributed by atoms with Crippen LogP contribution in [0.2, 0.25) is 0 Å². The zero-order chi connectivity index (χ0) is 17.4. The van der Waals surface area contributed by atoms with Crippen molar-refractivity contribution in [2.75, 3.05) is 24.6 Å². The van der Waals surface area contributed by atoms with E-state index in [1.165, 1.54) is 11.8 Å². The Bertz CT molecular complexity index is 571. The van der Waals surface area contributed by atoms with E-state index >= 15 is 0 Å². The summed E-state index contributed by atoms with van der Waals surface area (Å²) in [5.41, 5.74) is 0.652. The number of carbonyl (C=O) groups excluding carboxylic acids is 3. The summed E-state index contributed by atoms with van der Waals surface area (Å²) in [6, 6.07) is 8.51.